The van der Waals surface area contributed by atoms with Gasteiger partial charge in [-0.05, 0) is 29.1 Å². The van der Waals surface area contributed by atoms with E-state index in [9.17, 15) is 9.59 Å². The number of amides is 1. The molecule has 0 atom stereocenters. The van der Waals surface area contributed by atoms with Gasteiger partial charge in [-0.25, -0.2) is 9.78 Å². The van der Waals surface area contributed by atoms with Crippen molar-refractivity contribution in [2.75, 3.05) is 5.32 Å². The first-order valence-electron chi connectivity index (χ1n) is 6.75. The summed E-state index contributed by atoms with van der Waals surface area (Å²) < 4.78 is 1.63. The Hall–Kier alpha value is -2.93. The predicted molar refractivity (Wildman–Crippen MR) is 87.9 cm³/mol. The zero-order valence-electron chi connectivity index (χ0n) is 12.2. The van der Waals surface area contributed by atoms with E-state index in [1.54, 1.807) is 53.7 Å². The number of hydrogen-bond donors (Lipinski definition) is 2. The minimum Gasteiger partial charge on any atom is -0.477 e. The van der Waals surface area contributed by atoms with E-state index in [1.165, 1.54) is 17.5 Å². The number of rotatable bonds is 4. The van der Waals surface area contributed by atoms with Gasteiger partial charge in [-0.3, -0.25) is 4.79 Å². The molecule has 7 heteroatoms. The topological polar surface area (TPSA) is 84.2 Å². The molecule has 0 aliphatic carbocycles. The number of nitrogens with zero attached hydrogens (tertiary/aromatic N) is 2. The van der Waals surface area contributed by atoms with Gasteiger partial charge in [0.15, 0.2) is 0 Å². The average molecular weight is 327 g/mol. The lowest BCUT2D eigenvalue weighted by Gasteiger charge is -2.07. The van der Waals surface area contributed by atoms with Crippen molar-refractivity contribution >= 4 is 28.9 Å². The maximum atomic E-state index is 12.1. The summed E-state index contributed by atoms with van der Waals surface area (Å²) in [6.45, 7) is 0. The number of anilines is 1. The highest BCUT2D eigenvalue weighted by Crippen LogP contribution is 2.29. The van der Waals surface area contributed by atoms with Gasteiger partial charge in [0.05, 0.1) is 12.5 Å². The third-order valence-electron chi connectivity index (χ3n) is 3.36. The highest BCUT2D eigenvalue weighted by molar-refractivity contribution is 7.12. The fourth-order valence-corrected chi connectivity index (χ4v) is 2.96. The number of aryl methyl sites for hydroxylation is 1. The van der Waals surface area contributed by atoms with Crippen molar-refractivity contribution in [3.05, 3.63) is 58.8 Å². The van der Waals surface area contributed by atoms with Gasteiger partial charge in [-0.1, -0.05) is 12.1 Å². The molecule has 0 aliphatic heterocycles. The number of carboxylic acid groups (broad SMARTS) is 1. The SMILES string of the molecule is Cn1cncc1C(=O)Nc1ccc(-c2ccsc2C(=O)O)cc1. The van der Waals surface area contributed by atoms with Crippen LogP contribution in [0.1, 0.15) is 20.2 Å². The van der Waals surface area contributed by atoms with E-state index in [4.69, 9.17) is 5.11 Å². The predicted octanol–water partition coefficient (Wildman–Crippen LogP) is 3.10. The van der Waals surface area contributed by atoms with Crippen LogP contribution in [0, 0.1) is 0 Å². The molecule has 3 aromatic rings. The molecule has 0 aliphatic rings. The number of carbonyl (C=O) groups excluding carboxylic acids is 1. The number of aromatic carboxylic acids is 1. The van der Waals surface area contributed by atoms with Crippen LogP contribution in [0.2, 0.25) is 0 Å². The van der Waals surface area contributed by atoms with Crippen LogP contribution in [-0.2, 0) is 7.05 Å². The average Bonchev–Trinajstić information content (AvgIpc) is 3.16. The third-order valence-corrected chi connectivity index (χ3v) is 4.26. The molecular formula is C16H13N3O3S. The molecule has 116 valence electrons. The summed E-state index contributed by atoms with van der Waals surface area (Å²) in [5, 5.41) is 13.7. The molecule has 0 saturated carbocycles. The van der Waals surface area contributed by atoms with E-state index >= 15 is 0 Å². The minimum absolute atomic E-state index is 0.250. The number of benzene rings is 1. The summed E-state index contributed by atoms with van der Waals surface area (Å²) >= 11 is 1.19. The number of nitrogens with one attached hydrogen (secondary N) is 1. The molecular weight excluding hydrogens is 314 g/mol. The Balaban J connectivity index is 1.80. The Morgan fingerprint density at radius 1 is 1.22 bits per heavy atom. The maximum Gasteiger partial charge on any atom is 0.346 e. The Morgan fingerprint density at radius 2 is 1.96 bits per heavy atom. The van der Waals surface area contributed by atoms with E-state index in [2.05, 4.69) is 10.3 Å². The molecule has 23 heavy (non-hydrogen) atoms. The molecule has 1 aromatic carbocycles. The van der Waals surface area contributed by atoms with Crippen molar-refractivity contribution in [2.24, 2.45) is 7.05 Å². The van der Waals surface area contributed by atoms with Crippen molar-refractivity contribution in [2.45, 2.75) is 0 Å². The number of carboxylic acids is 1. The molecule has 6 nitrogen and oxygen atoms in total. The first-order valence-corrected chi connectivity index (χ1v) is 7.63. The fourth-order valence-electron chi connectivity index (χ4n) is 2.21. The van der Waals surface area contributed by atoms with E-state index < -0.39 is 5.97 Å². The smallest absolute Gasteiger partial charge is 0.346 e. The van der Waals surface area contributed by atoms with Gasteiger partial charge in [0, 0.05) is 18.3 Å². The van der Waals surface area contributed by atoms with Crippen LogP contribution in [-0.4, -0.2) is 26.5 Å². The Labute approximate surface area is 136 Å². The summed E-state index contributed by atoms with van der Waals surface area (Å²) in [6, 6.07) is 8.83. The monoisotopic (exact) mass is 327 g/mol. The summed E-state index contributed by atoms with van der Waals surface area (Å²) in [4.78, 5) is 27.5. The Morgan fingerprint density at radius 3 is 2.57 bits per heavy atom. The molecule has 0 saturated heterocycles. The molecule has 0 radical (unpaired) electrons. The van der Waals surface area contributed by atoms with E-state index in [-0.39, 0.29) is 5.91 Å². The molecule has 2 aromatic heterocycles. The second kappa shape index (κ2) is 6.05. The number of imidazole rings is 1. The summed E-state index contributed by atoms with van der Waals surface area (Å²) in [6.07, 6.45) is 3.05. The van der Waals surface area contributed by atoms with Crippen LogP contribution in [0.15, 0.2) is 48.2 Å². The summed E-state index contributed by atoms with van der Waals surface area (Å²) in [7, 11) is 1.75. The number of carbonyl (C=O) groups is 2. The van der Waals surface area contributed by atoms with E-state index in [0.29, 0.717) is 21.8 Å². The van der Waals surface area contributed by atoms with Crippen molar-refractivity contribution in [1.29, 1.82) is 0 Å². The molecule has 0 unspecified atom stereocenters. The minimum atomic E-state index is -0.941. The molecule has 2 heterocycles. The fraction of sp³-hybridized carbons (Fsp3) is 0.0625. The van der Waals surface area contributed by atoms with Crippen LogP contribution in [0.4, 0.5) is 5.69 Å². The standard InChI is InChI=1S/C16H13N3O3S/c1-19-9-17-8-13(19)15(20)18-11-4-2-10(3-5-11)12-6-7-23-14(12)16(21)22/h2-9H,1H3,(H,18,20)(H,21,22). The van der Waals surface area contributed by atoms with Gasteiger partial charge in [-0.15, -0.1) is 11.3 Å². The van der Waals surface area contributed by atoms with Crippen molar-refractivity contribution < 1.29 is 14.7 Å². The molecule has 2 N–H and O–H groups in total. The normalized spacial score (nSPS) is 10.5. The number of aromatic nitrogens is 2. The molecule has 0 spiro atoms. The zero-order chi connectivity index (χ0) is 16.4. The van der Waals surface area contributed by atoms with E-state index in [0.717, 1.165) is 5.56 Å². The first kappa shape index (κ1) is 15.0. The second-order valence-electron chi connectivity index (χ2n) is 4.89. The van der Waals surface area contributed by atoms with Crippen molar-refractivity contribution in [3.63, 3.8) is 0 Å². The largest absolute Gasteiger partial charge is 0.477 e. The summed E-state index contributed by atoms with van der Waals surface area (Å²) in [5.41, 5.74) is 2.56. The lowest BCUT2D eigenvalue weighted by molar-refractivity contribution is 0.0702. The van der Waals surface area contributed by atoms with Gasteiger partial charge < -0.3 is 15.0 Å². The molecule has 0 bridgehead atoms. The second-order valence-corrected chi connectivity index (χ2v) is 5.81. The highest BCUT2D eigenvalue weighted by Gasteiger charge is 2.14. The summed E-state index contributed by atoms with van der Waals surface area (Å²) in [5.74, 6) is -1.19. The van der Waals surface area contributed by atoms with Crippen LogP contribution in [0.5, 0.6) is 0 Å². The molecule has 0 fully saturated rings. The van der Waals surface area contributed by atoms with Gasteiger partial charge in [0.1, 0.15) is 10.6 Å². The van der Waals surface area contributed by atoms with Gasteiger partial charge >= 0.3 is 5.97 Å². The lowest BCUT2D eigenvalue weighted by atomic mass is 10.1. The number of thiophene rings is 1. The lowest BCUT2D eigenvalue weighted by Crippen LogP contribution is -2.15. The van der Waals surface area contributed by atoms with Gasteiger partial charge in [-0.2, -0.15) is 0 Å². The van der Waals surface area contributed by atoms with Crippen LogP contribution < -0.4 is 5.32 Å². The van der Waals surface area contributed by atoms with Crippen molar-refractivity contribution in [3.8, 4) is 11.1 Å². The Kier molecular flexibility index (Phi) is 3.94. The van der Waals surface area contributed by atoms with Gasteiger partial charge in [0.2, 0.25) is 0 Å². The zero-order valence-corrected chi connectivity index (χ0v) is 13.0. The third kappa shape index (κ3) is 3.00. The van der Waals surface area contributed by atoms with Crippen LogP contribution >= 0.6 is 11.3 Å². The van der Waals surface area contributed by atoms with Crippen LogP contribution in [0.3, 0.4) is 0 Å². The highest BCUT2D eigenvalue weighted by atomic mass is 32.1. The maximum absolute atomic E-state index is 12.1. The quantitative estimate of drug-likeness (QED) is 0.771. The Bertz CT molecular complexity index is 865. The van der Waals surface area contributed by atoms with Gasteiger partial charge in [0.25, 0.3) is 5.91 Å². The number of hydrogen-bond acceptors (Lipinski definition) is 4. The first-order chi connectivity index (χ1) is 11.1. The van der Waals surface area contributed by atoms with Crippen molar-refractivity contribution in [1.82, 2.24) is 9.55 Å². The molecule has 3 rings (SSSR count). The molecule has 1 amide bonds. The van der Waals surface area contributed by atoms with Crippen LogP contribution in [0.25, 0.3) is 11.1 Å². The van der Waals surface area contributed by atoms with E-state index in [1.807, 2.05) is 0 Å².